The number of amides is 1. The Balaban J connectivity index is 1.51. The van der Waals surface area contributed by atoms with Crippen molar-refractivity contribution >= 4 is 22.6 Å². The highest BCUT2D eigenvalue weighted by Crippen LogP contribution is 2.35. The number of piperidine rings is 1. The van der Waals surface area contributed by atoms with Gasteiger partial charge < -0.3 is 15.0 Å². The Labute approximate surface area is 153 Å². The summed E-state index contributed by atoms with van der Waals surface area (Å²) in [6.45, 7) is 9.51. The van der Waals surface area contributed by atoms with Gasteiger partial charge in [0.05, 0.1) is 17.8 Å². The molecule has 2 saturated heterocycles. The van der Waals surface area contributed by atoms with Crippen molar-refractivity contribution in [1.82, 2.24) is 15.2 Å². The molecule has 4 rings (SSSR count). The number of nitrogens with one attached hydrogen (secondary N) is 1. The number of nitrogens with zero attached hydrogens (tertiary/aromatic N) is 3. The highest BCUT2D eigenvalue weighted by Gasteiger charge is 2.42. The Morgan fingerprint density at radius 3 is 2.64 bits per heavy atom. The Bertz CT molecular complexity index is 616. The summed E-state index contributed by atoms with van der Waals surface area (Å²) < 4.78 is 5.67. The van der Waals surface area contributed by atoms with Gasteiger partial charge in [-0.3, -0.25) is 4.90 Å². The summed E-state index contributed by atoms with van der Waals surface area (Å²) >= 11 is 1.82. The van der Waals surface area contributed by atoms with Crippen LogP contribution in [0.5, 0.6) is 0 Å². The molecule has 0 aromatic carbocycles. The predicted molar refractivity (Wildman–Crippen MR) is 99.2 cm³/mol. The Morgan fingerprint density at radius 2 is 2.00 bits per heavy atom. The summed E-state index contributed by atoms with van der Waals surface area (Å²) in [4.78, 5) is 23.4. The number of fused-ring (bicyclic) bond motifs is 3. The van der Waals surface area contributed by atoms with Gasteiger partial charge in [-0.15, -0.1) is 11.3 Å². The number of carbonyl (C=O) groups excluding carboxylic acids is 1. The number of hydrogen-bond acceptors (Lipinski definition) is 6. The standard InChI is InChI=1S/C18H28N4O2S/c1-18(2,3)24-17(23)22-12-5-4-6-13(22)11-21(10-12)16-20-14-7-8-19-9-15(14)25-16/h12-13,19H,4-11H2,1-3H3. The van der Waals surface area contributed by atoms with Crippen LogP contribution in [0.4, 0.5) is 9.93 Å². The van der Waals surface area contributed by atoms with Crippen molar-refractivity contribution in [1.29, 1.82) is 0 Å². The van der Waals surface area contributed by atoms with Crippen LogP contribution < -0.4 is 10.2 Å². The Hall–Kier alpha value is -1.34. The van der Waals surface area contributed by atoms with Crippen LogP contribution in [0.3, 0.4) is 0 Å². The lowest BCUT2D eigenvalue weighted by Gasteiger charge is -2.49. The number of anilines is 1. The fourth-order valence-corrected chi connectivity index (χ4v) is 5.22. The van der Waals surface area contributed by atoms with Crippen LogP contribution in [0.2, 0.25) is 0 Å². The molecule has 2 unspecified atom stereocenters. The van der Waals surface area contributed by atoms with Gasteiger partial charge in [-0.2, -0.15) is 0 Å². The number of rotatable bonds is 1. The highest BCUT2D eigenvalue weighted by molar-refractivity contribution is 7.15. The van der Waals surface area contributed by atoms with E-state index < -0.39 is 5.60 Å². The first-order valence-electron chi connectivity index (χ1n) is 9.36. The van der Waals surface area contributed by atoms with Gasteiger partial charge in [-0.1, -0.05) is 0 Å². The summed E-state index contributed by atoms with van der Waals surface area (Å²) in [5.74, 6) is 0. The number of aromatic nitrogens is 1. The molecule has 2 fully saturated rings. The van der Waals surface area contributed by atoms with E-state index in [1.807, 2.05) is 37.0 Å². The lowest BCUT2D eigenvalue weighted by Crippen LogP contribution is -2.63. The molecule has 2 bridgehead atoms. The zero-order chi connectivity index (χ0) is 17.6. The van der Waals surface area contributed by atoms with Gasteiger partial charge in [-0.05, 0) is 40.0 Å². The van der Waals surface area contributed by atoms with Crippen LogP contribution in [-0.4, -0.2) is 53.3 Å². The van der Waals surface area contributed by atoms with E-state index in [0.29, 0.717) is 0 Å². The quantitative estimate of drug-likeness (QED) is 0.830. The second kappa shape index (κ2) is 6.43. The minimum atomic E-state index is -0.441. The van der Waals surface area contributed by atoms with Gasteiger partial charge in [0, 0.05) is 37.5 Å². The molecule has 6 nitrogen and oxygen atoms in total. The minimum Gasteiger partial charge on any atom is -0.444 e. The molecule has 4 heterocycles. The molecule has 0 aliphatic carbocycles. The maximum Gasteiger partial charge on any atom is 0.410 e. The second-order valence-electron chi connectivity index (χ2n) is 8.32. The Morgan fingerprint density at radius 1 is 1.28 bits per heavy atom. The molecule has 0 radical (unpaired) electrons. The molecule has 0 spiro atoms. The van der Waals surface area contributed by atoms with Crippen molar-refractivity contribution in [3.05, 3.63) is 10.6 Å². The van der Waals surface area contributed by atoms with E-state index >= 15 is 0 Å². The van der Waals surface area contributed by atoms with Gasteiger partial charge in [0.2, 0.25) is 0 Å². The topological polar surface area (TPSA) is 57.7 Å². The van der Waals surface area contributed by atoms with Crippen LogP contribution in [0, 0.1) is 0 Å². The molecule has 1 aromatic heterocycles. The number of hydrogen-bond donors (Lipinski definition) is 1. The van der Waals surface area contributed by atoms with Crippen LogP contribution in [0.25, 0.3) is 0 Å². The number of ether oxygens (including phenoxy) is 1. The number of carbonyl (C=O) groups is 1. The van der Waals surface area contributed by atoms with Crippen molar-refractivity contribution in [2.75, 3.05) is 24.5 Å². The summed E-state index contributed by atoms with van der Waals surface area (Å²) in [5, 5.41) is 4.56. The third kappa shape index (κ3) is 3.49. The van der Waals surface area contributed by atoms with E-state index in [2.05, 4.69) is 10.2 Å². The van der Waals surface area contributed by atoms with Crippen LogP contribution in [0.1, 0.15) is 50.6 Å². The van der Waals surface area contributed by atoms with Gasteiger partial charge in [0.1, 0.15) is 5.60 Å². The maximum absolute atomic E-state index is 12.7. The summed E-state index contributed by atoms with van der Waals surface area (Å²) in [7, 11) is 0. The molecular formula is C18H28N4O2S. The van der Waals surface area contributed by atoms with Gasteiger partial charge in [0.25, 0.3) is 0 Å². The molecule has 2 atom stereocenters. The number of piperazine rings is 1. The maximum atomic E-state index is 12.7. The first-order chi connectivity index (χ1) is 11.9. The normalized spacial score (nSPS) is 26.4. The smallest absolute Gasteiger partial charge is 0.410 e. The molecular weight excluding hydrogens is 336 g/mol. The average Bonchev–Trinajstić information content (AvgIpc) is 2.96. The lowest BCUT2D eigenvalue weighted by atomic mass is 9.92. The highest BCUT2D eigenvalue weighted by atomic mass is 32.1. The zero-order valence-corrected chi connectivity index (χ0v) is 16.2. The van der Waals surface area contributed by atoms with E-state index in [-0.39, 0.29) is 18.2 Å². The summed E-state index contributed by atoms with van der Waals surface area (Å²) in [6.07, 6.45) is 4.18. The second-order valence-corrected chi connectivity index (χ2v) is 9.39. The van der Waals surface area contributed by atoms with Crippen molar-refractivity contribution in [2.24, 2.45) is 0 Å². The van der Waals surface area contributed by atoms with Crippen LogP contribution >= 0.6 is 11.3 Å². The summed E-state index contributed by atoms with van der Waals surface area (Å²) in [6, 6.07) is 0.475. The molecule has 0 saturated carbocycles. The first kappa shape index (κ1) is 17.1. The minimum absolute atomic E-state index is 0.149. The monoisotopic (exact) mass is 364 g/mol. The van der Waals surface area contributed by atoms with E-state index in [1.54, 1.807) is 0 Å². The number of thiazole rings is 1. The fourth-order valence-electron chi connectivity index (χ4n) is 4.12. The predicted octanol–water partition coefficient (Wildman–Crippen LogP) is 2.77. The molecule has 3 aliphatic rings. The molecule has 138 valence electrons. The fraction of sp³-hybridized carbons (Fsp3) is 0.778. The molecule has 1 amide bonds. The lowest BCUT2D eigenvalue weighted by molar-refractivity contribution is -0.00969. The van der Waals surface area contributed by atoms with Gasteiger partial charge in [0.15, 0.2) is 5.13 Å². The third-order valence-corrected chi connectivity index (χ3v) is 6.35. The third-order valence-electron chi connectivity index (χ3n) is 5.19. The van der Waals surface area contributed by atoms with Gasteiger partial charge >= 0.3 is 6.09 Å². The van der Waals surface area contributed by atoms with E-state index in [1.165, 1.54) is 17.0 Å². The zero-order valence-electron chi connectivity index (χ0n) is 15.4. The van der Waals surface area contributed by atoms with Crippen molar-refractivity contribution < 1.29 is 9.53 Å². The summed E-state index contributed by atoms with van der Waals surface area (Å²) in [5.41, 5.74) is 0.822. The average molecular weight is 365 g/mol. The largest absolute Gasteiger partial charge is 0.444 e. The molecule has 7 heteroatoms. The van der Waals surface area contributed by atoms with Crippen LogP contribution in [-0.2, 0) is 17.7 Å². The molecule has 3 aliphatic heterocycles. The van der Waals surface area contributed by atoms with E-state index in [4.69, 9.17) is 9.72 Å². The Kier molecular flexibility index (Phi) is 4.40. The SMILES string of the molecule is CC(C)(C)OC(=O)N1C2CCCC1CN(c1nc3c(s1)CNCC3)C2. The first-order valence-corrected chi connectivity index (χ1v) is 10.2. The van der Waals surface area contributed by atoms with E-state index in [9.17, 15) is 4.79 Å². The molecule has 25 heavy (non-hydrogen) atoms. The van der Waals surface area contributed by atoms with E-state index in [0.717, 1.165) is 50.6 Å². The van der Waals surface area contributed by atoms with Gasteiger partial charge in [-0.25, -0.2) is 9.78 Å². The molecule has 1 aromatic rings. The van der Waals surface area contributed by atoms with Crippen LogP contribution in [0.15, 0.2) is 0 Å². The molecule has 1 N–H and O–H groups in total. The van der Waals surface area contributed by atoms with Crippen molar-refractivity contribution in [3.8, 4) is 0 Å². The van der Waals surface area contributed by atoms with Crippen molar-refractivity contribution in [2.45, 2.75) is 70.7 Å². The van der Waals surface area contributed by atoms with Crippen molar-refractivity contribution in [3.63, 3.8) is 0 Å².